The fourth-order valence-electron chi connectivity index (χ4n) is 3.52. The van der Waals surface area contributed by atoms with Crippen molar-refractivity contribution < 1.29 is 13.2 Å². The van der Waals surface area contributed by atoms with E-state index in [1.54, 1.807) is 61.2 Å². The summed E-state index contributed by atoms with van der Waals surface area (Å²) in [6, 6.07) is 19.7. The van der Waals surface area contributed by atoms with E-state index in [0.29, 0.717) is 23.4 Å². The molecule has 0 spiro atoms. The summed E-state index contributed by atoms with van der Waals surface area (Å²) >= 11 is 1.61. The van der Waals surface area contributed by atoms with Gasteiger partial charge in [-0.15, -0.1) is 11.8 Å². The van der Waals surface area contributed by atoms with E-state index in [1.807, 2.05) is 30.5 Å². The molecule has 148 valence electrons. The Balaban J connectivity index is 1.76. The first-order chi connectivity index (χ1) is 14.0. The molecule has 0 saturated carbocycles. The largest absolute Gasteiger partial charge is 0.322 e. The van der Waals surface area contributed by atoms with Gasteiger partial charge in [-0.1, -0.05) is 24.3 Å². The maximum atomic E-state index is 13.0. The molecule has 7 heteroatoms. The van der Waals surface area contributed by atoms with Crippen LogP contribution in [0.5, 0.6) is 0 Å². The Morgan fingerprint density at radius 1 is 1.00 bits per heavy atom. The van der Waals surface area contributed by atoms with E-state index >= 15 is 0 Å². The predicted octanol–water partition coefficient (Wildman–Crippen LogP) is 4.86. The third-order valence-corrected chi connectivity index (χ3v) is 7.56. The zero-order valence-electron chi connectivity index (χ0n) is 16.0. The van der Waals surface area contributed by atoms with E-state index in [4.69, 9.17) is 0 Å². The summed E-state index contributed by atoms with van der Waals surface area (Å²) in [5.74, 6) is -0.236. The summed E-state index contributed by atoms with van der Waals surface area (Å²) < 4.78 is 27.3. The minimum atomic E-state index is -3.61. The third-order valence-electron chi connectivity index (χ3n) is 4.89. The highest BCUT2D eigenvalue weighted by atomic mass is 32.2. The molecule has 3 aromatic carbocycles. The molecule has 0 aromatic heterocycles. The first-order valence-corrected chi connectivity index (χ1v) is 11.8. The van der Waals surface area contributed by atoms with Crippen molar-refractivity contribution in [3.05, 3.63) is 72.3 Å². The summed E-state index contributed by atoms with van der Waals surface area (Å²) in [6.45, 7) is 2.12. The van der Waals surface area contributed by atoms with Crippen LogP contribution in [0.25, 0.3) is 11.1 Å². The van der Waals surface area contributed by atoms with Crippen molar-refractivity contribution in [3.63, 3.8) is 0 Å². The molecule has 1 aliphatic rings. The number of hydrogen-bond donors (Lipinski definition) is 1. The molecule has 29 heavy (non-hydrogen) atoms. The first-order valence-electron chi connectivity index (χ1n) is 9.17. The van der Waals surface area contributed by atoms with Crippen LogP contribution in [0.15, 0.2) is 76.5 Å². The molecule has 5 nitrogen and oxygen atoms in total. The van der Waals surface area contributed by atoms with E-state index < -0.39 is 10.0 Å². The van der Waals surface area contributed by atoms with E-state index in [0.717, 1.165) is 16.1 Å². The van der Waals surface area contributed by atoms with Crippen LogP contribution in [0.1, 0.15) is 17.3 Å². The number of nitrogens with one attached hydrogen (secondary N) is 1. The van der Waals surface area contributed by atoms with Crippen LogP contribution in [-0.4, -0.2) is 27.1 Å². The maximum Gasteiger partial charge on any atom is 0.264 e. The Kier molecular flexibility index (Phi) is 5.10. The Labute approximate surface area is 174 Å². The number of rotatable bonds is 4. The number of thioether (sulfide) groups is 1. The number of nitrogens with zero attached hydrogens (tertiary/aromatic N) is 1. The second kappa shape index (κ2) is 7.57. The second-order valence-electron chi connectivity index (χ2n) is 6.58. The zero-order chi connectivity index (χ0) is 20.6. The fourth-order valence-corrected chi connectivity index (χ4v) is 5.68. The van der Waals surface area contributed by atoms with Gasteiger partial charge in [0.1, 0.15) is 0 Å². The standard InChI is InChI=1S/C22H20N2O3S2/c1-3-24-20-12-11-15(22(25)23-16-7-6-8-17(14-16)28-2)13-19(20)18-9-4-5-10-21(18)29(24,26)27/h4-14H,3H2,1-2H3,(H,23,25). The fraction of sp³-hybridized carbons (Fsp3) is 0.136. The van der Waals surface area contributed by atoms with Crippen molar-refractivity contribution >= 4 is 39.1 Å². The number of carbonyl (C=O) groups is 1. The highest BCUT2D eigenvalue weighted by Crippen LogP contribution is 2.43. The molecule has 4 rings (SSSR count). The highest BCUT2D eigenvalue weighted by Gasteiger charge is 2.34. The van der Waals surface area contributed by atoms with E-state index in [9.17, 15) is 13.2 Å². The van der Waals surface area contributed by atoms with Crippen molar-refractivity contribution in [2.24, 2.45) is 0 Å². The lowest BCUT2D eigenvalue weighted by molar-refractivity contribution is 0.102. The first kappa shape index (κ1) is 19.5. The number of hydrogen-bond acceptors (Lipinski definition) is 4. The van der Waals surface area contributed by atoms with Gasteiger partial charge in [-0.2, -0.15) is 0 Å². The molecule has 0 saturated heterocycles. The SMILES string of the molecule is CCN1c2ccc(C(=O)Nc3cccc(SC)c3)cc2-c2ccccc2S1(=O)=O. The van der Waals surface area contributed by atoms with Crippen molar-refractivity contribution in [2.75, 3.05) is 22.4 Å². The molecular formula is C22H20N2O3S2. The summed E-state index contributed by atoms with van der Waals surface area (Å²) in [5, 5.41) is 2.92. The van der Waals surface area contributed by atoms with Crippen LogP contribution in [-0.2, 0) is 10.0 Å². The third kappa shape index (κ3) is 3.41. The van der Waals surface area contributed by atoms with Gasteiger partial charge in [-0.3, -0.25) is 9.10 Å². The molecule has 1 heterocycles. The molecule has 0 unspecified atom stereocenters. The second-order valence-corrected chi connectivity index (χ2v) is 9.29. The number of sulfonamides is 1. The van der Waals surface area contributed by atoms with Gasteiger partial charge in [0.25, 0.3) is 15.9 Å². The molecule has 3 aromatic rings. The van der Waals surface area contributed by atoms with Gasteiger partial charge in [0, 0.05) is 33.8 Å². The normalized spacial score (nSPS) is 14.1. The quantitative estimate of drug-likeness (QED) is 0.608. The molecule has 0 radical (unpaired) electrons. The van der Waals surface area contributed by atoms with Gasteiger partial charge in [0.15, 0.2) is 0 Å². The van der Waals surface area contributed by atoms with Gasteiger partial charge in [-0.25, -0.2) is 8.42 Å². The number of fused-ring (bicyclic) bond motifs is 3. The number of anilines is 2. The molecule has 0 atom stereocenters. The summed E-state index contributed by atoms with van der Waals surface area (Å²) in [5.41, 5.74) is 3.14. The van der Waals surface area contributed by atoms with E-state index in [1.165, 1.54) is 4.31 Å². The molecule has 1 N–H and O–H groups in total. The highest BCUT2D eigenvalue weighted by molar-refractivity contribution is 7.98. The molecule has 0 aliphatic carbocycles. The molecule has 0 bridgehead atoms. The predicted molar refractivity (Wildman–Crippen MR) is 118 cm³/mol. The molecular weight excluding hydrogens is 404 g/mol. The number of amides is 1. The van der Waals surface area contributed by atoms with Crippen molar-refractivity contribution in [1.82, 2.24) is 0 Å². The lowest BCUT2D eigenvalue weighted by atomic mass is 10.00. The Morgan fingerprint density at radius 2 is 1.79 bits per heavy atom. The molecule has 1 amide bonds. The van der Waals surface area contributed by atoms with E-state index in [-0.39, 0.29) is 10.8 Å². The lowest BCUT2D eigenvalue weighted by Gasteiger charge is -2.31. The number of carbonyl (C=O) groups excluding carboxylic acids is 1. The van der Waals surface area contributed by atoms with Gasteiger partial charge >= 0.3 is 0 Å². The van der Waals surface area contributed by atoms with Gasteiger partial charge in [0.2, 0.25) is 0 Å². The topological polar surface area (TPSA) is 66.5 Å². The van der Waals surface area contributed by atoms with Crippen molar-refractivity contribution in [3.8, 4) is 11.1 Å². The average Bonchev–Trinajstić information content (AvgIpc) is 2.74. The Morgan fingerprint density at radius 3 is 2.55 bits per heavy atom. The monoisotopic (exact) mass is 424 g/mol. The maximum absolute atomic E-state index is 13.0. The van der Waals surface area contributed by atoms with Crippen molar-refractivity contribution in [2.45, 2.75) is 16.7 Å². The van der Waals surface area contributed by atoms with Crippen LogP contribution in [0.2, 0.25) is 0 Å². The van der Waals surface area contributed by atoms with Crippen LogP contribution in [0, 0.1) is 0 Å². The Hall–Kier alpha value is -2.77. The van der Waals surface area contributed by atoms with Crippen LogP contribution in [0.4, 0.5) is 11.4 Å². The summed E-state index contributed by atoms with van der Waals surface area (Å²) in [4.78, 5) is 14.2. The zero-order valence-corrected chi connectivity index (χ0v) is 17.7. The average molecular weight is 425 g/mol. The minimum Gasteiger partial charge on any atom is -0.322 e. The minimum absolute atomic E-state index is 0.236. The van der Waals surface area contributed by atoms with E-state index in [2.05, 4.69) is 5.32 Å². The number of benzene rings is 3. The molecule has 0 fully saturated rings. The smallest absolute Gasteiger partial charge is 0.264 e. The lowest BCUT2D eigenvalue weighted by Crippen LogP contribution is -2.34. The van der Waals surface area contributed by atoms with Crippen LogP contribution < -0.4 is 9.62 Å². The van der Waals surface area contributed by atoms with Crippen LogP contribution in [0.3, 0.4) is 0 Å². The van der Waals surface area contributed by atoms with Crippen molar-refractivity contribution in [1.29, 1.82) is 0 Å². The van der Waals surface area contributed by atoms with Gasteiger partial charge in [-0.05, 0) is 55.6 Å². The molecule has 1 aliphatic heterocycles. The van der Waals surface area contributed by atoms with Crippen LogP contribution >= 0.6 is 11.8 Å². The van der Waals surface area contributed by atoms with Gasteiger partial charge < -0.3 is 5.32 Å². The Bertz CT molecular complexity index is 1210. The summed E-state index contributed by atoms with van der Waals surface area (Å²) in [6.07, 6.45) is 1.98. The summed E-state index contributed by atoms with van der Waals surface area (Å²) in [7, 11) is -3.61. The van der Waals surface area contributed by atoms with Gasteiger partial charge in [0.05, 0.1) is 10.6 Å².